The first-order chi connectivity index (χ1) is 8.24. The Balaban J connectivity index is 0.00000120. The fourth-order valence-electron chi connectivity index (χ4n) is 2.79. The van der Waals surface area contributed by atoms with Crippen LogP contribution in [0.4, 0.5) is 0 Å². The number of carbonyl (C=O) groups is 1. The summed E-state index contributed by atoms with van der Waals surface area (Å²) < 4.78 is 2.21. The standard InChI is InChI=1S/C14H16N2O.ClH/c1-14(7-4-8-15-14)16-9-11(10-17)12-5-2-3-6-13(12)16;/h2-3,5-6,9-10,15H,4,7-8H2,1H3;1H/t14-;/m1./s1. The fraction of sp³-hybridized carbons (Fsp3) is 0.357. The van der Waals surface area contributed by atoms with E-state index >= 15 is 0 Å². The summed E-state index contributed by atoms with van der Waals surface area (Å²) in [6, 6.07) is 8.08. The molecule has 0 radical (unpaired) electrons. The maximum Gasteiger partial charge on any atom is 0.152 e. The number of hydrogen-bond acceptors (Lipinski definition) is 2. The van der Waals surface area contributed by atoms with Crippen molar-refractivity contribution in [3.63, 3.8) is 0 Å². The van der Waals surface area contributed by atoms with Crippen molar-refractivity contribution in [1.29, 1.82) is 0 Å². The Morgan fingerprint density at radius 1 is 1.39 bits per heavy atom. The number of fused-ring (bicyclic) bond motifs is 1. The second-order valence-corrected chi connectivity index (χ2v) is 4.89. The third-order valence-electron chi connectivity index (χ3n) is 3.75. The van der Waals surface area contributed by atoms with Crippen LogP contribution in [0.5, 0.6) is 0 Å². The third kappa shape index (κ3) is 1.84. The molecule has 18 heavy (non-hydrogen) atoms. The van der Waals surface area contributed by atoms with Crippen LogP contribution < -0.4 is 5.32 Å². The SMILES string of the molecule is C[C@@]1(n2cc(C=O)c3ccccc32)CCCN1.Cl. The van der Waals surface area contributed by atoms with Crippen LogP contribution in [-0.2, 0) is 5.66 Å². The van der Waals surface area contributed by atoms with Crippen LogP contribution in [0.1, 0.15) is 30.1 Å². The van der Waals surface area contributed by atoms with Gasteiger partial charge in [-0.05, 0) is 32.4 Å². The average molecular weight is 265 g/mol. The lowest BCUT2D eigenvalue weighted by molar-refractivity contribution is 0.112. The Morgan fingerprint density at radius 2 is 2.17 bits per heavy atom. The summed E-state index contributed by atoms with van der Waals surface area (Å²) in [5.74, 6) is 0. The van der Waals surface area contributed by atoms with Crippen molar-refractivity contribution in [1.82, 2.24) is 9.88 Å². The van der Waals surface area contributed by atoms with E-state index in [2.05, 4.69) is 22.9 Å². The van der Waals surface area contributed by atoms with E-state index in [-0.39, 0.29) is 18.1 Å². The molecule has 1 fully saturated rings. The smallest absolute Gasteiger partial charge is 0.152 e. The van der Waals surface area contributed by atoms with Gasteiger partial charge in [0.2, 0.25) is 0 Å². The van der Waals surface area contributed by atoms with Gasteiger partial charge in [-0.2, -0.15) is 0 Å². The van der Waals surface area contributed by atoms with Gasteiger partial charge in [-0.25, -0.2) is 0 Å². The van der Waals surface area contributed by atoms with E-state index in [9.17, 15) is 4.79 Å². The molecule has 1 atom stereocenters. The van der Waals surface area contributed by atoms with Gasteiger partial charge in [0, 0.05) is 17.1 Å². The number of carbonyl (C=O) groups excluding carboxylic acids is 1. The molecule has 0 amide bonds. The van der Waals surface area contributed by atoms with E-state index < -0.39 is 0 Å². The highest BCUT2D eigenvalue weighted by atomic mass is 35.5. The predicted molar refractivity (Wildman–Crippen MR) is 75.5 cm³/mol. The Morgan fingerprint density at radius 3 is 2.83 bits per heavy atom. The molecule has 0 unspecified atom stereocenters. The lowest BCUT2D eigenvalue weighted by atomic mass is 10.1. The molecule has 1 N–H and O–H groups in total. The topological polar surface area (TPSA) is 34.0 Å². The second-order valence-electron chi connectivity index (χ2n) is 4.89. The van der Waals surface area contributed by atoms with E-state index in [1.165, 1.54) is 6.42 Å². The van der Waals surface area contributed by atoms with Gasteiger partial charge in [-0.1, -0.05) is 18.2 Å². The number of aromatic nitrogens is 1. The summed E-state index contributed by atoms with van der Waals surface area (Å²) >= 11 is 0. The van der Waals surface area contributed by atoms with Gasteiger partial charge in [0.15, 0.2) is 6.29 Å². The van der Waals surface area contributed by atoms with Gasteiger partial charge in [-0.3, -0.25) is 10.1 Å². The minimum Gasteiger partial charge on any atom is -0.328 e. The number of para-hydroxylation sites is 1. The van der Waals surface area contributed by atoms with E-state index in [1.54, 1.807) is 0 Å². The Bertz CT molecular complexity index is 570. The monoisotopic (exact) mass is 264 g/mol. The molecule has 1 aliphatic rings. The van der Waals surface area contributed by atoms with Crippen LogP contribution in [0.2, 0.25) is 0 Å². The molecule has 2 aromatic rings. The van der Waals surface area contributed by atoms with Crippen molar-refractivity contribution < 1.29 is 4.79 Å². The molecule has 2 heterocycles. The van der Waals surface area contributed by atoms with Crippen molar-refractivity contribution in [3.8, 4) is 0 Å². The molecule has 1 saturated heterocycles. The summed E-state index contributed by atoms with van der Waals surface area (Å²) in [4.78, 5) is 11.1. The van der Waals surface area contributed by atoms with Crippen molar-refractivity contribution in [2.24, 2.45) is 0 Å². The molecule has 96 valence electrons. The fourth-order valence-corrected chi connectivity index (χ4v) is 2.79. The molecule has 0 spiro atoms. The molecule has 0 saturated carbocycles. The number of rotatable bonds is 2. The third-order valence-corrected chi connectivity index (χ3v) is 3.75. The maximum atomic E-state index is 11.1. The van der Waals surface area contributed by atoms with Gasteiger partial charge in [-0.15, -0.1) is 12.4 Å². The zero-order valence-corrected chi connectivity index (χ0v) is 11.2. The van der Waals surface area contributed by atoms with Crippen molar-refractivity contribution in [3.05, 3.63) is 36.0 Å². The summed E-state index contributed by atoms with van der Waals surface area (Å²) in [6.07, 6.45) is 5.19. The molecule has 1 aliphatic heterocycles. The zero-order valence-electron chi connectivity index (χ0n) is 10.3. The van der Waals surface area contributed by atoms with Gasteiger partial charge in [0.25, 0.3) is 0 Å². The average Bonchev–Trinajstić information content (AvgIpc) is 2.94. The van der Waals surface area contributed by atoms with E-state index in [0.29, 0.717) is 0 Å². The van der Waals surface area contributed by atoms with Gasteiger partial charge in [0.05, 0.1) is 11.2 Å². The molecule has 1 aromatic heterocycles. The van der Waals surface area contributed by atoms with Crippen molar-refractivity contribution >= 4 is 29.6 Å². The number of nitrogens with zero attached hydrogens (tertiary/aromatic N) is 1. The minimum absolute atomic E-state index is 0. The van der Waals surface area contributed by atoms with Gasteiger partial charge < -0.3 is 4.57 Å². The molecule has 3 nitrogen and oxygen atoms in total. The highest BCUT2D eigenvalue weighted by molar-refractivity contribution is 5.97. The first-order valence-corrected chi connectivity index (χ1v) is 6.05. The Hall–Kier alpha value is -1.32. The van der Waals surface area contributed by atoms with Crippen LogP contribution in [0.3, 0.4) is 0 Å². The molecule has 1 aromatic carbocycles. The lowest BCUT2D eigenvalue weighted by Gasteiger charge is -2.27. The lowest BCUT2D eigenvalue weighted by Crippen LogP contribution is -2.39. The van der Waals surface area contributed by atoms with Crippen LogP contribution >= 0.6 is 12.4 Å². The molecular weight excluding hydrogens is 248 g/mol. The molecule has 0 aliphatic carbocycles. The van der Waals surface area contributed by atoms with Crippen LogP contribution in [0, 0.1) is 0 Å². The highest BCUT2D eigenvalue weighted by Crippen LogP contribution is 2.30. The predicted octanol–water partition coefficient (Wildman–Crippen LogP) is 2.93. The first kappa shape index (κ1) is 13.1. The van der Waals surface area contributed by atoms with Gasteiger partial charge >= 0.3 is 0 Å². The molecular formula is C14H17ClN2O. The van der Waals surface area contributed by atoms with Gasteiger partial charge in [0.1, 0.15) is 0 Å². The van der Waals surface area contributed by atoms with E-state index in [4.69, 9.17) is 0 Å². The summed E-state index contributed by atoms with van der Waals surface area (Å²) in [7, 11) is 0. The molecule has 3 rings (SSSR count). The maximum absolute atomic E-state index is 11.1. The zero-order chi connectivity index (χ0) is 11.9. The van der Waals surface area contributed by atoms with Crippen molar-refractivity contribution in [2.45, 2.75) is 25.4 Å². The van der Waals surface area contributed by atoms with Crippen LogP contribution in [0.25, 0.3) is 10.9 Å². The van der Waals surface area contributed by atoms with E-state index in [0.717, 1.165) is 35.7 Å². The van der Waals surface area contributed by atoms with Crippen LogP contribution in [0.15, 0.2) is 30.5 Å². The number of nitrogens with one attached hydrogen (secondary N) is 1. The minimum atomic E-state index is -0.0547. The van der Waals surface area contributed by atoms with E-state index in [1.807, 2.05) is 24.4 Å². The number of halogens is 1. The largest absolute Gasteiger partial charge is 0.328 e. The van der Waals surface area contributed by atoms with Crippen LogP contribution in [-0.4, -0.2) is 17.4 Å². The summed E-state index contributed by atoms with van der Waals surface area (Å²) in [6.45, 7) is 3.24. The van der Waals surface area contributed by atoms with Crippen molar-refractivity contribution in [2.75, 3.05) is 6.54 Å². The Kier molecular flexibility index (Phi) is 3.46. The summed E-state index contributed by atoms with van der Waals surface area (Å²) in [5, 5.41) is 4.57. The molecule has 4 heteroatoms. The second kappa shape index (κ2) is 4.75. The summed E-state index contributed by atoms with van der Waals surface area (Å²) in [5.41, 5.74) is 1.85. The quantitative estimate of drug-likeness (QED) is 0.847. The highest BCUT2D eigenvalue weighted by Gasteiger charge is 2.31. The number of benzene rings is 1. The number of hydrogen-bond donors (Lipinski definition) is 1. The Labute approximate surface area is 113 Å². The number of aldehydes is 1. The molecule has 0 bridgehead atoms. The first-order valence-electron chi connectivity index (χ1n) is 6.05. The normalized spacial score (nSPS) is 22.9.